The van der Waals surface area contributed by atoms with Gasteiger partial charge in [0.25, 0.3) is 0 Å². The maximum atomic E-state index is 6.64. The highest BCUT2D eigenvalue weighted by Gasteiger charge is 1.67. The first-order valence-corrected chi connectivity index (χ1v) is 3.90. The predicted octanol–water partition coefficient (Wildman–Crippen LogP) is 2.80. The molecular formula is C7H11NS. The molecule has 1 nitrogen and oxygen atoms in total. The van der Waals surface area contributed by atoms with E-state index in [2.05, 4.69) is 12.7 Å². The van der Waals surface area contributed by atoms with E-state index in [0.29, 0.717) is 0 Å². The zero-order valence-electron chi connectivity index (χ0n) is 5.55. The van der Waals surface area contributed by atoms with Crippen LogP contribution in [0.25, 0.3) is 0 Å². The topological polar surface area (TPSA) is 23.9 Å². The number of rotatable bonds is 4. The summed E-state index contributed by atoms with van der Waals surface area (Å²) in [5.74, 6) is 0. The van der Waals surface area contributed by atoms with Crippen LogP contribution in [0.3, 0.4) is 0 Å². The minimum absolute atomic E-state index is 1.08. The number of hydrogen-bond acceptors (Lipinski definition) is 2. The van der Waals surface area contributed by atoms with E-state index < -0.39 is 0 Å². The van der Waals surface area contributed by atoms with E-state index in [0.717, 1.165) is 12.8 Å². The number of allylic oxidation sites excluding steroid dienone is 1. The fourth-order valence-electron chi connectivity index (χ4n) is 0.349. The van der Waals surface area contributed by atoms with E-state index in [4.69, 9.17) is 5.41 Å². The van der Waals surface area contributed by atoms with Crippen LogP contribution in [-0.4, -0.2) is 5.55 Å². The van der Waals surface area contributed by atoms with Gasteiger partial charge in [-0.25, -0.2) is 0 Å². The summed E-state index contributed by atoms with van der Waals surface area (Å²) in [6.07, 6.45) is 4.22. The molecule has 0 aromatic heterocycles. The maximum Gasteiger partial charge on any atom is 0.0554 e. The Balaban J connectivity index is 3.29. The second-order valence-electron chi connectivity index (χ2n) is 1.53. The van der Waals surface area contributed by atoms with Crippen molar-refractivity contribution in [3.8, 4) is 0 Å². The van der Waals surface area contributed by atoms with Gasteiger partial charge in [0.05, 0.1) is 5.55 Å². The van der Waals surface area contributed by atoms with E-state index in [1.54, 1.807) is 5.41 Å². The largest absolute Gasteiger partial charge is 0.302 e. The minimum atomic E-state index is 1.08. The van der Waals surface area contributed by atoms with Crippen LogP contribution >= 0.6 is 11.8 Å². The molecule has 2 heteroatoms. The first-order chi connectivity index (χ1) is 4.41. The van der Waals surface area contributed by atoms with Gasteiger partial charge < -0.3 is 5.41 Å². The predicted molar refractivity (Wildman–Crippen MR) is 43.9 cm³/mol. The minimum Gasteiger partial charge on any atom is -0.302 e. The van der Waals surface area contributed by atoms with Gasteiger partial charge in [-0.15, -0.1) is 5.73 Å². The molecule has 0 bridgehead atoms. The Hall–Kier alpha value is -0.460. The highest BCUT2D eigenvalue weighted by Crippen LogP contribution is 1.93. The SMILES string of the molecule is CCCC=C=CSC=N. The van der Waals surface area contributed by atoms with Crippen molar-refractivity contribution in [2.24, 2.45) is 0 Å². The van der Waals surface area contributed by atoms with Crippen LogP contribution in [0.2, 0.25) is 0 Å². The van der Waals surface area contributed by atoms with Crippen LogP contribution < -0.4 is 0 Å². The monoisotopic (exact) mass is 141 g/mol. The summed E-state index contributed by atoms with van der Waals surface area (Å²) in [5.41, 5.74) is 4.23. The normalized spacial score (nSPS) is 7.67. The van der Waals surface area contributed by atoms with E-state index >= 15 is 0 Å². The van der Waals surface area contributed by atoms with Gasteiger partial charge in [0, 0.05) is 5.41 Å². The molecule has 1 N–H and O–H groups in total. The summed E-state index contributed by atoms with van der Waals surface area (Å²) in [4.78, 5) is 0. The molecule has 0 unspecified atom stereocenters. The average Bonchev–Trinajstić information content (AvgIpc) is 1.89. The van der Waals surface area contributed by atoms with Gasteiger partial charge in [0.1, 0.15) is 0 Å². The van der Waals surface area contributed by atoms with Crippen molar-refractivity contribution < 1.29 is 0 Å². The van der Waals surface area contributed by atoms with E-state index in [1.807, 2.05) is 6.08 Å². The van der Waals surface area contributed by atoms with Crippen LogP contribution in [0.5, 0.6) is 0 Å². The van der Waals surface area contributed by atoms with Gasteiger partial charge in [-0.1, -0.05) is 25.1 Å². The molecule has 0 spiro atoms. The average molecular weight is 141 g/mol. The third-order valence-corrected chi connectivity index (χ3v) is 1.16. The smallest absolute Gasteiger partial charge is 0.0554 e. The Labute approximate surface area is 60.4 Å². The van der Waals surface area contributed by atoms with Crippen LogP contribution in [0, 0.1) is 5.41 Å². The molecule has 0 amide bonds. The van der Waals surface area contributed by atoms with E-state index in [1.165, 1.54) is 17.3 Å². The summed E-state index contributed by atoms with van der Waals surface area (Å²) >= 11 is 1.33. The molecule has 0 rings (SSSR count). The van der Waals surface area contributed by atoms with Crippen LogP contribution in [-0.2, 0) is 0 Å². The molecular weight excluding hydrogens is 130 g/mol. The lowest BCUT2D eigenvalue weighted by Gasteiger charge is -1.75. The molecule has 0 aromatic carbocycles. The quantitative estimate of drug-likeness (QED) is 0.363. The van der Waals surface area contributed by atoms with Gasteiger partial charge in [0.15, 0.2) is 0 Å². The third kappa shape index (κ3) is 7.54. The molecule has 0 atom stereocenters. The van der Waals surface area contributed by atoms with Crippen molar-refractivity contribution in [2.45, 2.75) is 19.8 Å². The van der Waals surface area contributed by atoms with Gasteiger partial charge in [-0.2, -0.15) is 0 Å². The van der Waals surface area contributed by atoms with Gasteiger partial charge >= 0.3 is 0 Å². The summed E-state index contributed by atoms with van der Waals surface area (Å²) in [7, 11) is 0. The lowest BCUT2D eigenvalue weighted by atomic mass is 10.3. The molecule has 0 aliphatic heterocycles. The van der Waals surface area contributed by atoms with Crippen LogP contribution in [0.1, 0.15) is 19.8 Å². The lowest BCUT2D eigenvalue weighted by molar-refractivity contribution is 0.960. The van der Waals surface area contributed by atoms with Crippen LogP contribution in [0.4, 0.5) is 0 Å². The summed E-state index contributed by atoms with van der Waals surface area (Å²) < 4.78 is 0. The second-order valence-corrected chi connectivity index (χ2v) is 2.27. The zero-order chi connectivity index (χ0) is 6.95. The van der Waals surface area contributed by atoms with Crippen molar-refractivity contribution in [2.75, 3.05) is 0 Å². The molecule has 50 valence electrons. The molecule has 0 aliphatic carbocycles. The molecule has 0 saturated heterocycles. The maximum absolute atomic E-state index is 6.64. The Kier molecular flexibility index (Phi) is 7.15. The van der Waals surface area contributed by atoms with Crippen molar-refractivity contribution in [3.63, 3.8) is 0 Å². The van der Waals surface area contributed by atoms with Crippen molar-refractivity contribution in [1.82, 2.24) is 0 Å². The molecule has 0 heterocycles. The van der Waals surface area contributed by atoms with Gasteiger partial charge in [0.2, 0.25) is 0 Å². The highest BCUT2D eigenvalue weighted by atomic mass is 32.2. The first-order valence-electron chi connectivity index (χ1n) is 2.95. The van der Waals surface area contributed by atoms with Crippen molar-refractivity contribution in [1.29, 1.82) is 5.41 Å². The lowest BCUT2D eigenvalue weighted by Crippen LogP contribution is -1.55. The van der Waals surface area contributed by atoms with Crippen molar-refractivity contribution in [3.05, 3.63) is 17.2 Å². The molecule has 9 heavy (non-hydrogen) atoms. The highest BCUT2D eigenvalue weighted by molar-refractivity contribution is 8.14. The summed E-state index contributed by atoms with van der Waals surface area (Å²) in [6, 6.07) is 0. The Morgan fingerprint density at radius 3 is 3.00 bits per heavy atom. The Morgan fingerprint density at radius 2 is 2.44 bits per heavy atom. The molecule has 0 saturated carbocycles. The van der Waals surface area contributed by atoms with E-state index in [-0.39, 0.29) is 0 Å². The first kappa shape index (κ1) is 8.54. The van der Waals surface area contributed by atoms with E-state index in [9.17, 15) is 0 Å². The third-order valence-electron chi connectivity index (χ3n) is 0.755. The zero-order valence-corrected chi connectivity index (χ0v) is 6.37. The Bertz CT molecular complexity index is 123. The fraction of sp³-hybridized carbons (Fsp3) is 0.429. The number of thioether (sulfide) groups is 1. The summed E-state index contributed by atoms with van der Waals surface area (Å²) in [6.45, 7) is 2.13. The number of unbranched alkanes of at least 4 members (excludes halogenated alkanes) is 1. The fourth-order valence-corrected chi connectivity index (χ4v) is 0.592. The van der Waals surface area contributed by atoms with Crippen LogP contribution in [0.15, 0.2) is 17.2 Å². The molecule has 0 aromatic rings. The summed E-state index contributed by atoms with van der Waals surface area (Å²) in [5, 5.41) is 8.42. The molecule has 0 aliphatic rings. The van der Waals surface area contributed by atoms with Crippen molar-refractivity contribution >= 4 is 17.3 Å². The standard InChI is InChI=1S/C7H11NS/c1-2-3-4-5-6-9-7-8/h4,6-8H,2-3H2,1H3. The van der Waals surface area contributed by atoms with Gasteiger partial charge in [-0.05, 0) is 12.5 Å². The molecule has 0 radical (unpaired) electrons. The van der Waals surface area contributed by atoms with Gasteiger partial charge in [-0.3, -0.25) is 0 Å². The Morgan fingerprint density at radius 1 is 1.67 bits per heavy atom. The number of nitrogens with one attached hydrogen (secondary N) is 1. The number of hydrogen-bond donors (Lipinski definition) is 1. The second kappa shape index (κ2) is 7.54. The molecule has 0 fully saturated rings.